The minimum atomic E-state index is 0.433. The van der Waals surface area contributed by atoms with Gasteiger partial charge in [-0.2, -0.15) is 0 Å². The Labute approximate surface area is 93.9 Å². The zero-order chi connectivity index (χ0) is 10.5. The van der Waals surface area contributed by atoms with E-state index >= 15 is 0 Å². The van der Waals surface area contributed by atoms with Crippen molar-refractivity contribution in [2.75, 3.05) is 13.1 Å². The second-order valence-corrected chi connectivity index (χ2v) is 4.63. The number of piperidine rings is 1. The number of halogens is 1. The summed E-state index contributed by atoms with van der Waals surface area (Å²) in [6.45, 7) is 1.10. The second kappa shape index (κ2) is 5.49. The van der Waals surface area contributed by atoms with Gasteiger partial charge in [-0.25, -0.2) is 0 Å². The summed E-state index contributed by atoms with van der Waals surface area (Å²) in [4.78, 5) is 1.21. The van der Waals surface area contributed by atoms with E-state index in [1.807, 2.05) is 18.2 Å². The van der Waals surface area contributed by atoms with Crippen LogP contribution in [0.2, 0.25) is 0 Å². The monoisotopic (exact) mass is 226 g/mol. The van der Waals surface area contributed by atoms with Crippen molar-refractivity contribution in [2.45, 2.75) is 23.8 Å². The van der Waals surface area contributed by atoms with Gasteiger partial charge in [0.1, 0.15) is 0 Å². The molecule has 0 unspecified atom stereocenters. The first-order valence-corrected chi connectivity index (χ1v) is 6.04. The molecule has 1 aromatic carbocycles. The Morgan fingerprint density at radius 3 is 2.53 bits per heavy atom. The maximum atomic E-state index is 12.7. The van der Waals surface area contributed by atoms with Gasteiger partial charge in [0.15, 0.2) is 0 Å². The van der Waals surface area contributed by atoms with Crippen LogP contribution in [-0.2, 0) is 0 Å². The van der Waals surface area contributed by atoms with Crippen molar-refractivity contribution >= 4 is 11.9 Å². The molecule has 15 heavy (non-hydrogen) atoms. The smallest absolute Gasteiger partial charge is 0.0305 e. The van der Waals surface area contributed by atoms with Gasteiger partial charge < -0.3 is 0 Å². The van der Waals surface area contributed by atoms with Crippen molar-refractivity contribution in [1.82, 2.24) is 9.84 Å². The fourth-order valence-corrected chi connectivity index (χ4v) is 2.44. The molecule has 1 fully saturated rings. The van der Waals surface area contributed by atoms with E-state index < -0.39 is 0 Å². The highest BCUT2D eigenvalue weighted by molar-refractivity contribution is 7.97. The van der Waals surface area contributed by atoms with Crippen LogP contribution in [0.25, 0.3) is 0 Å². The van der Waals surface area contributed by atoms with E-state index in [9.17, 15) is 4.48 Å². The van der Waals surface area contributed by atoms with Gasteiger partial charge in [-0.3, -0.25) is 4.72 Å². The molecule has 0 aromatic heterocycles. The Morgan fingerprint density at radius 2 is 1.87 bits per heavy atom. The highest BCUT2D eigenvalue weighted by Gasteiger charge is 2.18. The highest BCUT2D eigenvalue weighted by Crippen LogP contribution is 2.18. The second-order valence-electron chi connectivity index (χ2n) is 3.72. The maximum absolute atomic E-state index is 12.7. The largest absolute Gasteiger partial charge is 0.257 e. The highest BCUT2D eigenvalue weighted by atomic mass is 32.2. The standard InChI is InChI=1S/C11H15FN2S/c12-14-8-6-10(7-9-14)13-15-11-4-2-1-3-5-11/h1-5,10,13H,6-9H2. The SMILES string of the molecule is FN1CCC(NSc2ccccc2)CC1. The fraction of sp³-hybridized carbons (Fsp3) is 0.455. The summed E-state index contributed by atoms with van der Waals surface area (Å²) >= 11 is 1.64. The molecule has 0 saturated carbocycles. The van der Waals surface area contributed by atoms with E-state index in [1.54, 1.807) is 11.9 Å². The molecule has 0 atom stereocenters. The van der Waals surface area contributed by atoms with Crippen molar-refractivity contribution in [3.05, 3.63) is 30.3 Å². The van der Waals surface area contributed by atoms with Crippen LogP contribution >= 0.6 is 11.9 Å². The first-order chi connectivity index (χ1) is 7.34. The lowest BCUT2D eigenvalue weighted by Crippen LogP contribution is -2.36. The zero-order valence-corrected chi connectivity index (χ0v) is 9.34. The van der Waals surface area contributed by atoms with Crippen LogP contribution < -0.4 is 4.72 Å². The van der Waals surface area contributed by atoms with Crippen molar-refractivity contribution in [2.24, 2.45) is 0 Å². The van der Waals surface area contributed by atoms with Crippen LogP contribution in [0, 0.1) is 0 Å². The quantitative estimate of drug-likeness (QED) is 0.630. The van der Waals surface area contributed by atoms with Crippen molar-refractivity contribution in [1.29, 1.82) is 0 Å². The van der Waals surface area contributed by atoms with Gasteiger partial charge in [-0.15, -0.1) is 9.60 Å². The minimum absolute atomic E-state index is 0.433. The van der Waals surface area contributed by atoms with Crippen LogP contribution in [0.15, 0.2) is 35.2 Å². The first-order valence-electron chi connectivity index (χ1n) is 5.23. The molecule has 2 rings (SSSR count). The number of nitrogens with one attached hydrogen (secondary N) is 1. The van der Waals surface area contributed by atoms with Gasteiger partial charge in [-0.05, 0) is 36.9 Å². The van der Waals surface area contributed by atoms with E-state index in [0.29, 0.717) is 19.1 Å². The minimum Gasteiger partial charge on any atom is -0.257 e. The summed E-state index contributed by atoms with van der Waals surface area (Å²) in [5.74, 6) is 0. The molecule has 2 nitrogen and oxygen atoms in total. The number of hydrogen-bond donors (Lipinski definition) is 1. The molecule has 1 aromatic rings. The Morgan fingerprint density at radius 1 is 1.20 bits per heavy atom. The van der Waals surface area contributed by atoms with E-state index in [2.05, 4.69) is 16.9 Å². The topological polar surface area (TPSA) is 15.3 Å². The molecule has 1 N–H and O–H groups in total. The van der Waals surface area contributed by atoms with Crippen LogP contribution in [-0.4, -0.2) is 24.3 Å². The third-order valence-corrected chi connectivity index (χ3v) is 3.49. The molecular weight excluding hydrogens is 211 g/mol. The van der Waals surface area contributed by atoms with E-state index in [0.717, 1.165) is 18.0 Å². The van der Waals surface area contributed by atoms with Crippen molar-refractivity contribution in [3.63, 3.8) is 0 Å². The molecule has 0 radical (unpaired) electrons. The molecule has 1 saturated heterocycles. The third-order valence-electron chi connectivity index (χ3n) is 2.53. The van der Waals surface area contributed by atoms with Gasteiger partial charge in [-0.1, -0.05) is 18.2 Å². The van der Waals surface area contributed by atoms with E-state index in [-0.39, 0.29) is 0 Å². The first kappa shape index (κ1) is 10.9. The summed E-state index contributed by atoms with van der Waals surface area (Å²) in [6, 6.07) is 10.6. The Balaban J connectivity index is 1.74. The van der Waals surface area contributed by atoms with Crippen molar-refractivity contribution in [3.8, 4) is 0 Å². The summed E-state index contributed by atoms with van der Waals surface area (Å²) in [7, 11) is 0. The maximum Gasteiger partial charge on any atom is 0.0305 e. The van der Waals surface area contributed by atoms with Gasteiger partial charge in [0, 0.05) is 24.0 Å². The molecule has 0 amide bonds. The number of benzene rings is 1. The van der Waals surface area contributed by atoms with Crippen LogP contribution in [0.5, 0.6) is 0 Å². The molecule has 0 spiro atoms. The third kappa shape index (κ3) is 3.48. The molecule has 1 aliphatic rings. The lowest BCUT2D eigenvalue weighted by atomic mass is 10.1. The summed E-state index contributed by atoms with van der Waals surface area (Å²) in [5.41, 5.74) is 0. The van der Waals surface area contributed by atoms with Gasteiger partial charge >= 0.3 is 0 Å². The Hall–Kier alpha value is -0.580. The van der Waals surface area contributed by atoms with E-state index in [1.165, 1.54) is 4.90 Å². The summed E-state index contributed by atoms with van der Waals surface area (Å²) in [6.07, 6.45) is 1.77. The molecular formula is C11H15FN2S. The lowest BCUT2D eigenvalue weighted by molar-refractivity contribution is 0.000221. The lowest BCUT2D eigenvalue weighted by Gasteiger charge is -2.26. The molecule has 1 aliphatic heterocycles. The summed E-state index contributed by atoms with van der Waals surface area (Å²) in [5, 5.41) is 0.894. The number of hydrogen-bond acceptors (Lipinski definition) is 3. The van der Waals surface area contributed by atoms with Crippen molar-refractivity contribution < 1.29 is 4.48 Å². The predicted molar refractivity (Wildman–Crippen MR) is 61.1 cm³/mol. The molecule has 0 bridgehead atoms. The van der Waals surface area contributed by atoms with Gasteiger partial charge in [0.2, 0.25) is 0 Å². The van der Waals surface area contributed by atoms with E-state index in [4.69, 9.17) is 0 Å². The van der Waals surface area contributed by atoms with Crippen LogP contribution in [0.4, 0.5) is 4.48 Å². The molecule has 82 valence electrons. The van der Waals surface area contributed by atoms with Crippen LogP contribution in [0.1, 0.15) is 12.8 Å². The van der Waals surface area contributed by atoms with Gasteiger partial charge in [0.05, 0.1) is 0 Å². The Kier molecular flexibility index (Phi) is 4.00. The van der Waals surface area contributed by atoms with Gasteiger partial charge in [0.25, 0.3) is 0 Å². The molecule has 1 heterocycles. The average Bonchev–Trinajstić information content (AvgIpc) is 2.30. The Bertz CT molecular complexity index is 286. The van der Waals surface area contributed by atoms with Crippen LogP contribution in [0.3, 0.4) is 0 Å². The zero-order valence-electron chi connectivity index (χ0n) is 8.53. The normalized spacial score (nSPS) is 19.3. The average molecular weight is 226 g/mol. The predicted octanol–water partition coefficient (Wildman–Crippen LogP) is 2.63. The summed E-state index contributed by atoms with van der Waals surface area (Å²) < 4.78 is 16.1. The number of nitrogens with zero attached hydrogens (tertiary/aromatic N) is 1. The fourth-order valence-electron chi connectivity index (χ4n) is 1.61. The molecule has 0 aliphatic carbocycles. The number of rotatable bonds is 3. The molecule has 4 heteroatoms.